The van der Waals surface area contributed by atoms with Gasteiger partial charge in [-0.15, -0.1) is 0 Å². The van der Waals surface area contributed by atoms with Gasteiger partial charge in [0.05, 0.1) is 18.8 Å². The summed E-state index contributed by atoms with van der Waals surface area (Å²) < 4.78 is 4.72. The lowest BCUT2D eigenvalue weighted by atomic mass is 10.2. The highest BCUT2D eigenvalue weighted by molar-refractivity contribution is 6.44. The van der Waals surface area contributed by atoms with E-state index in [4.69, 9.17) is 9.57 Å². The Kier molecular flexibility index (Phi) is 6.57. The van der Waals surface area contributed by atoms with Gasteiger partial charge in [-0.2, -0.15) is 5.10 Å². The van der Waals surface area contributed by atoms with E-state index in [0.717, 1.165) is 5.69 Å². The predicted octanol–water partition coefficient (Wildman–Crippen LogP) is 0.108. The Balaban J connectivity index is 2.02. The molecule has 2 aromatic rings. The van der Waals surface area contributed by atoms with Gasteiger partial charge in [-0.25, -0.2) is 14.8 Å². The Bertz CT molecular complexity index is 744. The number of carbonyl (C=O) groups is 2. The molecule has 0 aliphatic heterocycles. The molecule has 0 atom stereocenters. The van der Waals surface area contributed by atoms with Crippen LogP contribution >= 0.6 is 0 Å². The maximum absolute atomic E-state index is 12.4. The number of amides is 1. The molecule has 0 saturated heterocycles. The highest BCUT2D eigenvalue weighted by Gasteiger charge is 2.17. The van der Waals surface area contributed by atoms with Gasteiger partial charge < -0.3 is 14.9 Å². The van der Waals surface area contributed by atoms with Crippen LogP contribution in [0.4, 0.5) is 0 Å². The molecule has 0 aliphatic rings. The molecular formula is C15H18N6O4. The average molecular weight is 346 g/mol. The number of oxime groups is 1. The standard InChI is InChI=1S/C15H18N6O4/c1-3-24-13(22)9-25-21-14(11-5-7-18-20-11)15(23)17-8-12-16-6-4-10(2)19-12/h4-7H,3,8-9H2,1-2H3,(H,17,23)(H,18,20)/b21-14+. The second-order valence-corrected chi connectivity index (χ2v) is 4.79. The smallest absolute Gasteiger partial charge is 0.347 e. The minimum Gasteiger partial charge on any atom is -0.463 e. The van der Waals surface area contributed by atoms with E-state index in [1.54, 1.807) is 25.3 Å². The van der Waals surface area contributed by atoms with Crippen LogP contribution in [0.2, 0.25) is 0 Å². The molecule has 0 bridgehead atoms. The Morgan fingerprint density at radius 2 is 2.16 bits per heavy atom. The van der Waals surface area contributed by atoms with Crippen LogP contribution < -0.4 is 5.32 Å². The second-order valence-electron chi connectivity index (χ2n) is 4.79. The van der Waals surface area contributed by atoms with Crippen LogP contribution in [-0.2, 0) is 25.7 Å². The van der Waals surface area contributed by atoms with Gasteiger partial charge in [0.2, 0.25) is 6.61 Å². The average Bonchev–Trinajstić information content (AvgIpc) is 3.11. The fourth-order valence-electron chi connectivity index (χ4n) is 1.78. The van der Waals surface area contributed by atoms with Crippen molar-refractivity contribution in [2.45, 2.75) is 20.4 Å². The molecule has 2 aromatic heterocycles. The minimum atomic E-state index is -0.580. The Morgan fingerprint density at radius 1 is 1.32 bits per heavy atom. The first-order chi connectivity index (χ1) is 12.1. The van der Waals surface area contributed by atoms with Gasteiger partial charge in [0.15, 0.2) is 5.71 Å². The van der Waals surface area contributed by atoms with Crippen LogP contribution in [0.25, 0.3) is 0 Å². The fourth-order valence-corrected chi connectivity index (χ4v) is 1.78. The molecule has 2 N–H and O–H groups in total. The molecule has 0 unspecified atom stereocenters. The van der Waals surface area contributed by atoms with Crippen molar-refractivity contribution in [1.82, 2.24) is 25.5 Å². The highest BCUT2D eigenvalue weighted by atomic mass is 16.7. The largest absolute Gasteiger partial charge is 0.463 e. The highest BCUT2D eigenvalue weighted by Crippen LogP contribution is 1.99. The topological polar surface area (TPSA) is 131 Å². The molecule has 0 fully saturated rings. The fraction of sp³-hybridized carbons (Fsp3) is 0.333. The summed E-state index contributed by atoms with van der Waals surface area (Å²) in [4.78, 5) is 36.8. The van der Waals surface area contributed by atoms with E-state index in [2.05, 4.69) is 30.6 Å². The lowest BCUT2D eigenvalue weighted by Gasteiger charge is -2.07. The van der Waals surface area contributed by atoms with E-state index in [1.165, 1.54) is 6.20 Å². The van der Waals surface area contributed by atoms with Crippen molar-refractivity contribution < 1.29 is 19.2 Å². The summed E-state index contributed by atoms with van der Waals surface area (Å²) in [6.07, 6.45) is 3.07. The van der Waals surface area contributed by atoms with E-state index in [0.29, 0.717) is 11.5 Å². The third-order valence-corrected chi connectivity index (χ3v) is 2.87. The molecular weight excluding hydrogens is 328 g/mol. The number of rotatable bonds is 8. The van der Waals surface area contributed by atoms with Crippen molar-refractivity contribution >= 4 is 17.6 Å². The van der Waals surface area contributed by atoms with Gasteiger partial charge in [0.25, 0.3) is 5.91 Å². The van der Waals surface area contributed by atoms with Crippen LogP contribution in [0.3, 0.4) is 0 Å². The van der Waals surface area contributed by atoms with Crippen LogP contribution in [0, 0.1) is 6.92 Å². The molecule has 0 aromatic carbocycles. The molecule has 2 rings (SSSR count). The molecule has 132 valence electrons. The molecule has 10 heteroatoms. The van der Waals surface area contributed by atoms with Gasteiger partial charge in [-0.05, 0) is 26.0 Å². The lowest BCUT2D eigenvalue weighted by Crippen LogP contribution is -2.32. The summed E-state index contributed by atoms with van der Waals surface area (Å²) >= 11 is 0. The second kappa shape index (κ2) is 9.11. The number of hydrogen-bond donors (Lipinski definition) is 2. The normalized spacial score (nSPS) is 11.0. The Hall–Kier alpha value is -3.30. The molecule has 0 radical (unpaired) electrons. The van der Waals surface area contributed by atoms with Crippen molar-refractivity contribution in [2.24, 2.45) is 5.16 Å². The number of ether oxygens (including phenoxy) is 1. The number of H-pyrrole nitrogens is 1. The molecule has 1 amide bonds. The van der Waals surface area contributed by atoms with Gasteiger partial charge in [0, 0.05) is 18.1 Å². The third kappa shape index (κ3) is 5.68. The monoisotopic (exact) mass is 346 g/mol. The van der Waals surface area contributed by atoms with Crippen LogP contribution in [0.5, 0.6) is 0 Å². The maximum atomic E-state index is 12.4. The quantitative estimate of drug-likeness (QED) is 0.394. The molecule has 0 spiro atoms. The number of aromatic amines is 1. The molecule has 25 heavy (non-hydrogen) atoms. The van der Waals surface area contributed by atoms with Crippen molar-refractivity contribution in [1.29, 1.82) is 0 Å². The van der Waals surface area contributed by atoms with Crippen molar-refractivity contribution in [2.75, 3.05) is 13.2 Å². The summed E-state index contributed by atoms with van der Waals surface area (Å²) in [5.74, 6) is -0.647. The first-order valence-corrected chi connectivity index (χ1v) is 7.52. The number of esters is 1. The third-order valence-electron chi connectivity index (χ3n) is 2.87. The zero-order chi connectivity index (χ0) is 18.1. The maximum Gasteiger partial charge on any atom is 0.347 e. The summed E-state index contributed by atoms with van der Waals surface area (Å²) in [5, 5.41) is 12.7. The Labute approximate surface area is 143 Å². The number of hydrogen-bond acceptors (Lipinski definition) is 8. The predicted molar refractivity (Wildman–Crippen MR) is 86.3 cm³/mol. The zero-order valence-electron chi connectivity index (χ0n) is 13.9. The number of aromatic nitrogens is 4. The van der Waals surface area contributed by atoms with Crippen LogP contribution in [0.1, 0.15) is 24.1 Å². The summed E-state index contributed by atoms with van der Waals surface area (Å²) in [6, 6.07) is 3.31. The zero-order valence-corrected chi connectivity index (χ0v) is 13.9. The number of carbonyl (C=O) groups excluding carboxylic acids is 2. The van der Waals surface area contributed by atoms with E-state index in [1.807, 2.05) is 6.92 Å². The number of nitrogens with zero attached hydrogens (tertiary/aromatic N) is 4. The molecule has 10 nitrogen and oxygen atoms in total. The SMILES string of the molecule is CCOC(=O)CO/N=C(/C(=O)NCc1nccc(C)n1)c1ccn[nH]1. The molecule has 0 saturated carbocycles. The Morgan fingerprint density at radius 3 is 2.84 bits per heavy atom. The van der Waals surface area contributed by atoms with Crippen molar-refractivity contribution in [3.05, 3.63) is 41.7 Å². The van der Waals surface area contributed by atoms with E-state index in [-0.39, 0.29) is 18.9 Å². The van der Waals surface area contributed by atoms with Gasteiger partial charge in [0.1, 0.15) is 5.82 Å². The first kappa shape index (κ1) is 18.0. The minimum absolute atomic E-state index is 0.0607. The van der Waals surface area contributed by atoms with Gasteiger partial charge in [-0.1, -0.05) is 5.16 Å². The number of nitrogens with one attached hydrogen (secondary N) is 2. The van der Waals surface area contributed by atoms with Crippen LogP contribution in [-0.4, -0.2) is 51.0 Å². The van der Waals surface area contributed by atoms with Gasteiger partial charge in [-0.3, -0.25) is 9.89 Å². The summed E-state index contributed by atoms with van der Waals surface area (Å²) in [6.45, 7) is 3.45. The van der Waals surface area contributed by atoms with Crippen molar-refractivity contribution in [3.63, 3.8) is 0 Å². The molecule has 2 heterocycles. The van der Waals surface area contributed by atoms with Gasteiger partial charge >= 0.3 is 5.97 Å². The lowest BCUT2D eigenvalue weighted by molar-refractivity contribution is -0.148. The van der Waals surface area contributed by atoms with E-state index < -0.39 is 18.5 Å². The first-order valence-electron chi connectivity index (χ1n) is 7.52. The van der Waals surface area contributed by atoms with E-state index in [9.17, 15) is 9.59 Å². The van der Waals surface area contributed by atoms with E-state index >= 15 is 0 Å². The van der Waals surface area contributed by atoms with Crippen molar-refractivity contribution in [3.8, 4) is 0 Å². The van der Waals surface area contributed by atoms with Crippen LogP contribution in [0.15, 0.2) is 29.7 Å². The molecule has 0 aliphatic carbocycles. The summed E-state index contributed by atoms with van der Waals surface area (Å²) in [7, 11) is 0. The summed E-state index contributed by atoms with van der Waals surface area (Å²) in [5.41, 5.74) is 1.07. The number of aryl methyl sites for hydroxylation is 1.